The highest BCUT2D eigenvalue weighted by atomic mass is 35.5. The number of nitro groups is 1. The molecule has 0 bridgehead atoms. The second kappa shape index (κ2) is 9.81. The smallest absolute Gasteiger partial charge is 0.269 e. The number of benzene rings is 1. The summed E-state index contributed by atoms with van der Waals surface area (Å²) in [5.41, 5.74) is 0.582. The summed E-state index contributed by atoms with van der Waals surface area (Å²) in [6.45, 7) is 2.33. The van der Waals surface area contributed by atoms with Gasteiger partial charge in [0.05, 0.1) is 4.92 Å². The Morgan fingerprint density at radius 3 is 2.71 bits per heavy atom. The number of amides is 1. The standard InChI is InChI=1S/C16H22ClN3O3.ClH/c1-19(16(21)5-2-12-6-8-18-9-7-12)11-13-10-14(20(22)23)3-4-15(13)17;/h3-4,10,12,18H,2,5-9,11H2,1H3;1H. The van der Waals surface area contributed by atoms with E-state index in [4.69, 9.17) is 11.6 Å². The van der Waals surface area contributed by atoms with E-state index >= 15 is 0 Å². The number of carbonyl (C=O) groups is 1. The number of halogens is 2. The van der Waals surface area contributed by atoms with Gasteiger partial charge in [-0.3, -0.25) is 14.9 Å². The van der Waals surface area contributed by atoms with Crippen LogP contribution in [0.25, 0.3) is 0 Å². The van der Waals surface area contributed by atoms with Gasteiger partial charge in [-0.2, -0.15) is 0 Å². The molecule has 0 atom stereocenters. The number of non-ortho nitro benzene ring substituents is 1. The van der Waals surface area contributed by atoms with E-state index in [2.05, 4.69) is 5.32 Å². The van der Waals surface area contributed by atoms with Gasteiger partial charge in [-0.25, -0.2) is 0 Å². The molecule has 1 N–H and O–H groups in total. The summed E-state index contributed by atoms with van der Waals surface area (Å²) < 4.78 is 0. The second-order valence-electron chi connectivity index (χ2n) is 6.01. The second-order valence-corrected chi connectivity index (χ2v) is 6.42. The number of rotatable bonds is 6. The molecule has 0 aliphatic carbocycles. The summed E-state index contributed by atoms with van der Waals surface area (Å²) in [6, 6.07) is 4.30. The molecule has 1 aromatic carbocycles. The lowest BCUT2D eigenvalue weighted by molar-refractivity contribution is -0.384. The zero-order valence-electron chi connectivity index (χ0n) is 13.7. The van der Waals surface area contributed by atoms with Crippen LogP contribution in [-0.2, 0) is 11.3 Å². The van der Waals surface area contributed by atoms with Crippen molar-refractivity contribution in [2.24, 2.45) is 5.92 Å². The van der Waals surface area contributed by atoms with E-state index in [0.717, 1.165) is 32.4 Å². The number of carbonyl (C=O) groups excluding carboxylic acids is 1. The molecule has 0 saturated carbocycles. The predicted molar refractivity (Wildman–Crippen MR) is 96.7 cm³/mol. The molecule has 0 aromatic heterocycles. The van der Waals surface area contributed by atoms with E-state index in [1.165, 1.54) is 18.2 Å². The van der Waals surface area contributed by atoms with Crippen molar-refractivity contribution in [3.63, 3.8) is 0 Å². The molecule has 24 heavy (non-hydrogen) atoms. The topological polar surface area (TPSA) is 75.5 Å². The van der Waals surface area contributed by atoms with Gasteiger partial charge in [-0.15, -0.1) is 12.4 Å². The van der Waals surface area contributed by atoms with Crippen LogP contribution in [0.2, 0.25) is 5.02 Å². The Labute approximate surface area is 153 Å². The van der Waals surface area contributed by atoms with Gasteiger partial charge in [0.25, 0.3) is 5.69 Å². The third-order valence-electron chi connectivity index (χ3n) is 4.30. The highest BCUT2D eigenvalue weighted by molar-refractivity contribution is 6.31. The van der Waals surface area contributed by atoms with E-state index in [0.29, 0.717) is 22.9 Å². The Bertz CT molecular complexity index is 578. The van der Waals surface area contributed by atoms with Crippen LogP contribution in [0.4, 0.5) is 5.69 Å². The minimum atomic E-state index is -0.460. The number of hydrogen-bond donors (Lipinski definition) is 1. The highest BCUT2D eigenvalue weighted by Gasteiger charge is 2.18. The van der Waals surface area contributed by atoms with Crippen LogP contribution in [0.5, 0.6) is 0 Å². The van der Waals surface area contributed by atoms with Gasteiger partial charge < -0.3 is 10.2 Å². The quantitative estimate of drug-likeness (QED) is 0.610. The van der Waals surface area contributed by atoms with Crippen molar-refractivity contribution in [3.8, 4) is 0 Å². The van der Waals surface area contributed by atoms with Gasteiger partial charge in [0.1, 0.15) is 0 Å². The van der Waals surface area contributed by atoms with Crippen molar-refractivity contribution in [1.82, 2.24) is 10.2 Å². The molecule has 6 nitrogen and oxygen atoms in total. The molecule has 1 aliphatic heterocycles. The Balaban J connectivity index is 0.00000288. The van der Waals surface area contributed by atoms with Crippen LogP contribution >= 0.6 is 24.0 Å². The molecule has 8 heteroatoms. The number of hydrogen-bond acceptors (Lipinski definition) is 4. The average molecular weight is 376 g/mol. The third-order valence-corrected chi connectivity index (χ3v) is 4.67. The zero-order chi connectivity index (χ0) is 16.8. The first-order valence-electron chi connectivity index (χ1n) is 7.85. The van der Waals surface area contributed by atoms with Crippen LogP contribution in [0, 0.1) is 16.0 Å². The fourth-order valence-electron chi connectivity index (χ4n) is 2.83. The minimum Gasteiger partial charge on any atom is -0.341 e. The molecule has 1 aliphatic rings. The molecule has 1 amide bonds. The van der Waals surface area contributed by atoms with Crippen molar-refractivity contribution in [1.29, 1.82) is 0 Å². The fraction of sp³-hybridized carbons (Fsp3) is 0.562. The first-order valence-corrected chi connectivity index (χ1v) is 8.22. The fourth-order valence-corrected chi connectivity index (χ4v) is 3.01. The van der Waals surface area contributed by atoms with Gasteiger partial charge in [-0.05, 0) is 49.9 Å². The van der Waals surface area contributed by atoms with Crippen LogP contribution in [0.3, 0.4) is 0 Å². The lowest BCUT2D eigenvalue weighted by atomic mass is 9.93. The van der Waals surface area contributed by atoms with Gasteiger partial charge in [0, 0.05) is 37.2 Å². The Hall–Kier alpha value is -1.37. The molecule has 2 rings (SSSR count). The van der Waals surface area contributed by atoms with Gasteiger partial charge in [0.2, 0.25) is 5.91 Å². The molecule has 0 unspecified atom stereocenters. The molecule has 0 spiro atoms. The van der Waals surface area contributed by atoms with Crippen LogP contribution in [0.1, 0.15) is 31.2 Å². The number of nitro benzene ring substituents is 1. The van der Waals surface area contributed by atoms with Crippen LogP contribution < -0.4 is 5.32 Å². The first kappa shape index (κ1) is 20.7. The van der Waals surface area contributed by atoms with Gasteiger partial charge >= 0.3 is 0 Å². The van der Waals surface area contributed by atoms with Crippen molar-refractivity contribution >= 4 is 35.6 Å². The Kier molecular flexibility index (Phi) is 8.45. The van der Waals surface area contributed by atoms with Gasteiger partial charge in [-0.1, -0.05) is 11.6 Å². The highest BCUT2D eigenvalue weighted by Crippen LogP contribution is 2.24. The summed E-state index contributed by atoms with van der Waals surface area (Å²) in [5.74, 6) is 0.654. The molecule has 1 heterocycles. The molecule has 0 radical (unpaired) electrons. The molecule has 1 saturated heterocycles. The van der Waals surface area contributed by atoms with E-state index < -0.39 is 4.92 Å². The van der Waals surface area contributed by atoms with Crippen molar-refractivity contribution in [3.05, 3.63) is 38.9 Å². The minimum absolute atomic E-state index is 0. The van der Waals surface area contributed by atoms with E-state index in [1.807, 2.05) is 0 Å². The average Bonchev–Trinajstić information content (AvgIpc) is 2.55. The Morgan fingerprint density at radius 1 is 1.42 bits per heavy atom. The largest absolute Gasteiger partial charge is 0.341 e. The summed E-state index contributed by atoms with van der Waals surface area (Å²) in [5, 5.41) is 14.6. The van der Waals surface area contributed by atoms with Crippen molar-refractivity contribution < 1.29 is 9.72 Å². The number of nitrogens with one attached hydrogen (secondary N) is 1. The van der Waals surface area contributed by atoms with Gasteiger partial charge in [0.15, 0.2) is 0 Å². The Morgan fingerprint density at radius 2 is 2.08 bits per heavy atom. The van der Waals surface area contributed by atoms with E-state index in [-0.39, 0.29) is 30.5 Å². The lowest BCUT2D eigenvalue weighted by Crippen LogP contribution is -2.30. The molecular weight excluding hydrogens is 353 g/mol. The lowest BCUT2D eigenvalue weighted by Gasteiger charge is -2.24. The first-order chi connectivity index (χ1) is 11.0. The van der Waals surface area contributed by atoms with Crippen LogP contribution in [-0.4, -0.2) is 35.9 Å². The number of nitrogens with zero attached hydrogens (tertiary/aromatic N) is 2. The van der Waals surface area contributed by atoms with E-state index in [1.54, 1.807) is 11.9 Å². The van der Waals surface area contributed by atoms with Crippen LogP contribution in [0.15, 0.2) is 18.2 Å². The molecular formula is C16H23Cl2N3O3. The summed E-state index contributed by atoms with van der Waals surface area (Å²) in [7, 11) is 1.71. The molecule has 134 valence electrons. The summed E-state index contributed by atoms with van der Waals surface area (Å²) >= 11 is 6.08. The maximum absolute atomic E-state index is 12.3. The maximum atomic E-state index is 12.3. The molecule has 1 fully saturated rings. The monoisotopic (exact) mass is 375 g/mol. The van der Waals surface area contributed by atoms with Crippen molar-refractivity contribution in [2.75, 3.05) is 20.1 Å². The summed E-state index contributed by atoms with van der Waals surface area (Å²) in [4.78, 5) is 24.2. The summed E-state index contributed by atoms with van der Waals surface area (Å²) in [6.07, 6.45) is 3.64. The SMILES string of the molecule is CN(Cc1cc([N+](=O)[O-])ccc1Cl)C(=O)CCC1CCNCC1.Cl. The normalized spacial score (nSPS) is 14.8. The third kappa shape index (κ3) is 5.92. The number of piperidine rings is 1. The predicted octanol–water partition coefficient (Wildman–Crippen LogP) is 3.41. The maximum Gasteiger partial charge on any atom is 0.269 e. The van der Waals surface area contributed by atoms with Crippen molar-refractivity contribution in [2.45, 2.75) is 32.2 Å². The zero-order valence-corrected chi connectivity index (χ0v) is 15.2. The van der Waals surface area contributed by atoms with E-state index in [9.17, 15) is 14.9 Å². The molecule has 1 aromatic rings.